The molecule has 4 aromatic heterocycles. The van der Waals surface area contributed by atoms with E-state index in [0.29, 0.717) is 34.7 Å². The van der Waals surface area contributed by atoms with Crippen molar-refractivity contribution in [2.75, 3.05) is 0 Å². The van der Waals surface area contributed by atoms with Crippen molar-refractivity contribution in [3.63, 3.8) is 0 Å². The lowest BCUT2D eigenvalue weighted by Gasteiger charge is -2.08. The summed E-state index contributed by atoms with van der Waals surface area (Å²) in [5, 5.41) is 12.2. The van der Waals surface area contributed by atoms with Gasteiger partial charge in [0, 0.05) is 17.1 Å². The Bertz CT molecular complexity index is 1710. The summed E-state index contributed by atoms with van der Waals surface area (Å²) in [5.41, 5.74) is 4.11. The maximum Gasteiger partial charge on any atom is 0.254 e. The number of carbonyl (C=O) groups is 1. The zero-order valence-electron chi connectivity index (χ0n) is 18.9. The average Bonchev–Trinajstić information content (AvgIpc) is 3.57. The summed E-state index contributed by atoms with van der Waals surface area (Å²) in [6.07, 6.45) is 3.28. The van der Waals surface area contributed by atoms with Crippen LogP contribution in [-0.4, -0.2) is 30.9 Å². The minimum Gasteiger partial charge on any atom is -0.467 e. The summed E-state index contributed by atoms with van der Waals surface area (Å²) < 4.78 is 21.8. The van der Waals surface area contributed by atoms with E-state index in [1.807, 2.05) is 30.3 Å². The number of carbonyl (C=O) groups excluding carboxylic acids is 1. The van der Waals surface area contributed by atoms with Gasteiger partial charge in [-0.05, 0) is 48.0 Å². The van der Waals surface area contributed by atoms with Crippen molar-refractivity contribution in [2.45, 2.75) is 13.1 Å². The van der Waals surface area contributed by atoms with E-state index in [0.717, 1.165) is 16.5 Å². The van der Waals surface area contributed by atoms with E-state index in [-0.39, 0.29) is 12.1 Å². The molecule has 36 heavy (non-hydrogen) atoms. The van der Waals surface area contributed by atoms with Crippen LogP contribution in [0.1, 0.15) is 21.7 Å². The van der Waals surface area contributed by atoms with Gasteiger partial charge in [0.15, 0.2) is 5.65 Å². The van der Waals surface area contributed by atoms with Crippen molar-refractivity contribution >= 4 is 28.0 Å². The Labute approximate surface area is 204 Å². The highest BCUT2D eigenvalue weighted by atomic mass is 19.1. The fraction of sp³-hybridized carbons (Fsp3) is 0.0741. The third-order valence-corrected chi connectivity index (χ3v) is 5.91. The smallest absolute Gasteiger partial charge is 0.254 e. The maximum atomic E-state index is 14.9. The number of hydrogen-bond donors (Lipinski definition) is 1. The average molecular weight is 478 g/mol. The number of halogens is 1. The van der Waals surface area contributed by atoms with Gasteiger partial charge >= 0.3 is 0 Å². The number of nitrogens with one attached hydrogen (secondary N) is 1. The molecule has 6 rings (SSSR count). The first-order valence-electron chi connectivity index (χ1n) is 11.3. The van der Waals surface area contributed by atoms with Gasteiger partial charge in [0.1, 0.15) is 17.1 Å². The first-order chi connectivity index (χ1) is 17.7. The summed E-state index contributed by atoms with van der Waals surface area (Å²) in [6.45, 7) is 0.610. The second-order valence-electron chi connectivity index (χ2n) is 8.24. The Morgan fingerprint density at radius 3 is 2.81 bits per heavy atom. The number of pyridine rings is 2. The molecule has 0 bridgehead atoms. The van der Waals surface area contributed by atoms with Crippen LogP contribution in [0.3, 0.4) is 0 Å². The van der Waals surface area contributed by atoms with Crippen molar-refractivity contribution in [3.8, 4) is 11.3 Å². The van der Waals surface area contributed by atoms with E-state index in [2.05, 4.69) is 20.6 Å². The van der Waals surface area contributed by atoms with Crippen LogP contribution in [-0.2, 0) is 13.1 Å². The molecule has 0 aliphatic rings. The molecule has 0 saturated heterocycles. The molecule has 0 spiro atoms. The Kier molecular flexibility index (Phi) is 5.42. The Hall–Kier alpha value is -4.92. The zero-order valence-corrected chi connectivity index (χ0v) is 18.9. The van der Waals surface area contributed by atoms with E-state index in [1.54, 1.807) is 41.2 Å². The van der Waals surface area contributed by atoms with Gasteiger partial charge in [-0.2, -0.15) is 0 Å². The van der Waals surface area contributed by atoms with Gasteiger partial charge in [-0.25, -0.2) is 14.1 Å². The van der Waals surface area contributed by atoms with Crippen LogP contribution in [0.25, 0.3) is 33.3 Å². The van der Waals surface area contributed by atoms with E-state index in [9.17, 15) is 9.18 Å². The first kappa shape index (κ1) is 21.6. The highest BCUT2D eigenvalue weighted by Crippen LogP contribution is 2.24. The minimum atomic E-state index is -0.639. The minimum absolute atomic E-state index is 0.0541. The molecule has 0 aliphatic carbocycles. The normalized spacial score (nSPS) is 11.2. The quantitative estimate of drug-likeness (QED) is 0.371. The van der Waals surface area contributed by atoms with E-state index in [4.69, 9.17) is 9.40 Å². The van der Waals surface area contributed by atoms with E-state index in [1.165, 1.54) is 18.4 Å². The summed E-state index contributed by atoms with van der Waals surface area (Å²) in [7, 11) is 0. The number of rotatable bonds is 6. The number of fused-ring (bicyclic) bond motifs is 2. The van der Waals surface area contributed by atoms with Crippen molar-refractivity contribution in [1.82, 2.24) is 30.3 Å². The highest BCUT2D eigenvalue weighted by molar-refractivity contribution is 5.95. The van der Waals surface area contributed by atoms with Crippen LogP contribution in [0, 0.1) is 5.82 Å². The number of benzene rings is 2. The number of nitrogens with zero attached hydrogens (tertiary/aromatic N) is 5. The van der Waals surface area contributed by atoms with Crippen LogP contribution >= 0.6 is 0 Å². The van der Waals surface area contributed by atoms with Gasteiger partial charge in [0.25, 0.3) is 5.91 Å². The summed E-state index contributed by atoms with van der Waals surface area (Å²) in [4.78, 5) is 21.6. The molecule has 0 radical (unpaired) electrons. The van der Waals surface area contributed by atoms with Crippen LogP contribution in [0.4, 0.5) is 4.39 Å². The molecule has 8 nitrogen and oxygen atoms in total. The number of para-hydroxylation sites is 1. The van der Waals surface area contributed by atoms with Crippen LogP contribution in [0.15, 0.2) is 89.7 Å². The number of aromatic nitrogens is 5. The molecule has 0 fully saturated rings. The topological polar surface area (TPSA) is 98.7 Å². The predicted octanol–water partition coefficient (Wildman–Crippen LogP) is 4.75. The lowest BCUT2D eigenvalue weighted by atomic mass is 10.1. The van der Waals surface area contributed by atoms with Crippen molar-refractivity contribution in [1.29, 1.82) is 0 Å². The van der Waals surface area contributed by atoms with Crippen LogP contribution in [0.2, 0.25) is 0 Å². The lowest BCUT2D eigenvalue weighted by molar-refractivity contribution is 0.0944. The van der Waals surface area contributed by atoms with Gasteiger partial charge in [-0.1, -0.05) is 35.5 Å². The molecule has 1 amide bonds. The molecular weight excluding hydrogens is 459 g/mol. The summed E-state index contributed by atoms with van der Waals surface area (Å²) >= 11 is 0. The van der Waals surface area contributed by atoms with Gasteiger partial charge in [0.05, 0.1) is 36.1 Å². The fourth-order valence-electron chi connectivity index (χ4n) is 4.11. The largest absolute Gasteiger partial charge is 0.467 e. The molecule has 1 N–H and O–H groups in total. The van der Waals surface area contributed by atoms with Gasteiger partial charge < -0.3 is 9.73 Å². The molecule has 9 heteroatoms. The van der Waals surface area contributed by atoms with Gasteiger partial charge in [-0.15, -0.1) is 5.10 Å². The molecule has 0 aliphatic heterocycles. The molecule has 4 heterocycles. The number of amides is 1. The van der Waals surface area contributed by atoms with Crippen molar-refractivity contribution in [2.24, 2.45) is 0 Å². The molecule has 0 atom stereocenters. The van der Waals surface area contributed by atoms with Crippen molar-refractivity contribution in [3.05, 3.63) is 108 Å². The second-order valence-corrected chi connectivity index (χ2v) is 8.24. The van der Waals surface area contributed by atoms with Crippen LogP contribution in [0.5, 0.6) is 0 Å². The standard InChI is InChI=1S/C27H19FN6O2/c28-22-14-18(8-9-21(22)27(35)30-15-20-7-3-13-36-20)23-10-11-24-26(31-23)34(33-32-24)16-19-5-1-4-17-6-2-12-29-25(17)19/h1-14H,15-16H2,(H,30,35). The SMILES string of the molecule is O=C(NCc1ccco1)c1ccc(-c2ccc3nnn(Cc4cccc5cccnc45)c3n2)cc1F. The lowest BCUT2D eigenvalue weighted by Crippen LogP contribution is -2.23. The van der Waals surface area contributed by atoms with E-state index >= 15 is 0 Å². The molecule has 176 valence electrons. The third-order valence-electron chi connectivity index (χ3n) is 5.91. The number of hydrogen-bond acceptors (Lipinski definition) is 6. The number of furan rings is 1. The van der Waals surface area contributed by atoms with Crippen molar-refractivity contribution < 1.29 is 13.6 Å². The Morgan fingerprint density at radius 2 is 1.94 bits per heavy atom. The first-order valence-corrected chi connectivity index (χ1v) is 11.3. The molecule has 0 saturated carbocycles. The predicted molar refractivity (Wildman–Crippen MR) is 131 cm³/mol. The maximum absolute atomic E-state index is 14.9. The molecule has 6 aromatic rings. The second kappa shape index (κ2) is 9.03. The molecule has 2 aromatic carbocycles. The van der Waals surface area contributed by atoms with Gasteiger partial charge in [-0.3, -0.25) is 9.78 Å². The monoisotopic (exact) mass is 478 g/mol. The summed E-state index contributed by atoms with van der Waals surface area (Å²) in [6, 6.07) is 21.3. The molecule has 0 unspecified atom stereocenters. The highest BCUT2D eigenvalue weighted by Gasteiger charge is 2.15. The Balaban J connectivity index is 1.28. The van der Waals surface area contributed by atoms with Gasteiger partial charge in [0.2, 0.25) is 0 Å². The summed E-state index contributed by atoms with van der Waals surface area (Å²) in [5.74, 6) is -0.577. The van der Waals surface area contributed by atoms with E-state index < -0.39 is 11.7 Å². The fourth-order valence-corrected chi connectivity index (χ4v) is 4.11. The Morgan fingerprint density at radius 1 is 1.03 bits per heavy atom. The molecular formula is C27H19FN6O2. The van der Waals surface area contributed by atoms with Crippen LogP contribution < -0.4 is 5.32 Å². The zero-order chi connectivity index (χ0) is 24.5. The third kappa shape index (κ3) is 4.07.